The summed E-state index contributed by atoms with van der Waals surface area (Å²) in [5, 5.41) is 46.5. The Hall–Kier alpha value is -6.45. The van der Waals surface area contributed by atoms with E-state index < -0.39 is 136 Å². The molecule has 0 saturated carbocycles. The quantitative estimate of drug-likeness (QED) is 0.0361. The molecule has 0 aliphatic carbocycles. The number of carbonyl (C=O) groups is 7. The van der Waals surface area contributed by atoms with Crippen LogP contribution in [0.3, 0.4) is 0 Å². The SMILES string of the molecule is Cc1c(C)c(S(=O)(=O)NC(N)=NCCC[C@@H]2NC(=O)[C@H](CCCCNC(=O)C3OC(CN)C(O)C(O)C3O)NC(=O)[C@@H](Cc3ccccc3)NC(=O)[C@H](CC(=O)OC(C)(C)C)NC(=O)[C@H](C)NC2=O)c(C)c2c1OC(C)(C)C2. The minimum atomic E-state index is -4.27. The van der Waals surface area contributed by atoms with E-state index in [1.165, 1.54) is 6.92 Å². The fourth-order valence-electron chi connectivity index (χ4n) is 9.36. The highest BCUT2D eigenvalue weighted by atomic mass is 32.2. The molecule has 2 fully saturated rings. The summed E-state index contributed by atoms with van der Waals surface area (Å²) in [5.74, 6) is -5.89. The monoisotopic (exact) mass is 1110 g/mol. The third kappa shape index (κ3) is 16.5. The highest BCUT2D eigenvalue weighted by molar-refractivity contribution is 7.90. The smallest absolute Gasteiger partial charge is 0.308 e. The number of hydrogen-bond donors (Lipinski definition) is 12. The number of fused-ring (bicyclic) bond motifs is 1. The van der Waals surface area contributed by atoms with Crippen molar-refractivity contribution in [2.75, 3.05) is 19.6 Å². The maximum atomic E-state index is 14.4. The molecule has 3 heterocycles. The van der Waals surface area contributed by atoms with E-state index in [9.17, 15) is 57.3 Å². The molecule has 14 N–H and O–H groups in total. The van der Waals surface area contributed by atoms with Crippen molar-refractivity contribution >= 4 is 57.4 Å². The topological polar surface area (TPSA) is 391 Å². The summed E-state index contributed by atoms with van der Waals surface area (Å²) in [6.07, 6.45) is -7.95. The van der Waals surface area contributed by atoms with Gasteiger partial charge in [0.15, 0.2) is 6.10 Å². The van der Waals surface area contributed by atoms with E-state index in [0.29, 0.717) is 34.4 Å². The van der Waals surface area contributed by atoms with Crippen molar-refractivity contribution < 1.29 is 71.5 Å². The Bertz CT molecular complexity index is 2680. The largest absolute Gasteiger partial charge is 0.487 e. The van der Waals surface area contributed by atoms with Gasteiger partial charge in [0, 0.05) is 38.0 Å². The zero-order valence-electron chi connectivity index (χ0n) is 45.7. The summed E-state index contributed by atoms with van der Waals surface area (Å²) in [6, 6.07) is 1.37. The lowest BCUT2D eigenvalue weighted by molar-refractivity contribution is -0.218. The second-order valence-electron chi connectivity index (χ2n) is 21.6. The average Bonchev–Trinajstić information content (AvgIpc) is 3.84. The summed E-state index contributed by atoms with van der Waals surface area (Å²) < 4.78 is 47.1. The van der Waals surface area contributed by atoms with Gasteiger partial charge in [-0.3, -0.25) is 38.6 Å². The van der Waals surface area contributed by atoms with Gasteiger partial charge in [0.1, 0.15) is 65.5 Å². The highest BCUT2D eigenvalue weighted by Gasteiger charge is 2.46. The number of amides is 6. The Morgan fingerprint density at radius 1 is 0.795 bits per heavy atom. The Morgan fingerprint density at radius 2 is 1.37 bits per heavy atom. The van der Waals surface area contributed by atoms with E-state index in [2.05, 4.69) is 41.6 Å². The first kappa shape index (κ1) is 62.4. The van der Waals surface area contributed by atoms with Crippen molar-refractivity contribution in [3.05, 3.63) is 58.1 Å². The van der Waals surface area contributed by atoms with E-state index >= 15 is 0 Å². The Kier molecular flexibility index (Phi) is 21.2. The number of nitrogens with two attached hydrogens (primary N) is 2. The Labute approximate surface area is 454 Å². The third-order valence-corrected chi connectivity index (χ3v) is 15.1. The maximum absolute atomic E-state index is 14.4. The predicted octanol–water partition coefficient (Wildman–Crippen LogP) is -1.77. The van der Waals surface area contributed by atoms with Crippen molar-refractivity contribution in [3.8, 4) is 5.75 Å². The molecule has 5 unspecified atom stereocenters. The second-order valence-corrected chi connectivity index (χ2v) is 23.2. The maximum Gasteiger partial charge on any atom is 0.308 e. The minimum absolute atomic E-state index is 0.0114. The number of unbranched alkanes of at least 4 members (excludes halogenated alkanes) is 1. The van der Waals surface area contributed by atoms with Crippen molar-refractivity contribution in [3.63, 3.8) is 0 Å². The lowest BCUT2D eigenvalue weighted by Gasteiger charge is -2.39. The highest BCUT2D eigenvalue weighted by Crippen LogP contribution is 2.43. The standard InChI is InChI=1S/C52H78N10O15S/c1-26-27(2)43(28(3)31-24-52(8,9)77-41(26)31)78(73,74)62-50(54)56-21-15-19-33-45(68)57-29(4)44(67)60-35(23-37(63)76-51(5,6)7)48(71)61-34(22-30-16-11-10-12-17-30)47(70)59-32(46(69)58-33)18-13-14-20-55-49(72)42-40(66)39(65)38(64)36(25-53)75-42/h10-12,16-17,29,32-36,38-40,42,64-66H,13-15,18-25,53H2,1-9H3,(H,55,72)(H,57,68)(H,58,69)(H,59,70)(H,60,67)(H,61,71)(H3,54,56,62)/t29-,32-,33-,34+,35-,36?,38?,39?,40?,42?/m0/s1. The van der Waals surface area contributed by atoms with Crippen LogP contribution in [0.25, 0.3) is 0 Å². The number of ether oxygens (including phenoxy) is 3. The Balaban J connectivity index is 1.40. The molecule has 6 amide bonds. The molecule has 26 heteroatoms. The molecular weight excluding hydrogens is 1040 g/mol. The number of esters is 1. The number of nitrogens with zero attached hydrogens (tertiary/aromatic N) is 1. The van der Waals surface area contributed by atoms with Crippen molar-refractivity contribution in [1.82, 2.24) is 36.6 Å². The molecule has 78 heavy (non-hydrogen) atoms. The number of hydrogen-bond acceptors (Lipinski definition) is 17. The molecule has 25 nitrogen and oxygen atoms in total. The van der Waals surface area contributed by atoms with Gasteiger partial charge in [-0.15, -0.1) is 0 Å². The van der Waals surface area contributed by atoms with Gasteiger partial charge in [-0.05, 0) is 117 Å². The van der Waals surface area contributed by atoms with E-state index in [-0.39, 0.29) is 63.1 Å². The molecule has 432 valence electrons. The lowest BCUT2D eigenvalue weighted by atomic mass is 9.94. The van der Waals surface area contributed by atoms with Gasteiger partial charge >= 0.3 is 5.97 Å². The van der Waals surface area contributed by atoms with E-state index in [1.807, 2.05) is 13.8 Å². The fourth-order valence-corrected chi connectivity index (χ4v) is 10.9. The van der Waals surface area contributed by atoms with E-state index in [4.69, 9.17) is 25.7 Å². The van der Waals surface area contributed by atoms with Gasteiger partial charge < -0.3 is 72.9 Å². The number of aliphatic imine (C=N–C) groups is 1. The zero-order valence-corrected chi connectivity index (χ0v) is 46.5. The van der Waals surface area contributed by atoms with Gasteiger partial charge in [0.2, 0.25) is 35.5 Å². The number of aliphatic hydroxyl groups excluding tert-OH is 3. The predicted molar refractivity (Wildman–Crippen MR) is 284 cm³/mol. The number of carbonyl (C=O) groups excluding carboxylic acids is 7. The first-order chi connectivity index (χ1) is 36.4. The number of rotatable bonds is 17. The fraction of sp³-hybridized carbons (Fsp3) is 0.615. The first-order valence-electron chi connectivity index (χ1n) is 26.0. The van der Waals surface area contributed by atoms with Crippen LogP contribution in [0, 0.1) is 20.8 Å². The zero-order chi connectivity index (χ0) is 58.0. The van der Waals surface area contributed by atoms with Gasteiger partial charge in [-0.2, -0.15) is 0 Å². The first-order valence-corrected chi connectivity index (χ1v) is 27.5. The number of nitrogens with one attached hydrogen (secondary N) is 7. The molecular formula is C52H78N10O15S. The molecule has 3 aliphatic rings. The van der Waals surface area contributed by atoms with Crippen LogP contribution in [-0.4, -0.2) is 163 Å². The van der Waals surface area contributed by atoms with Crippen LogP contribution in [0.5, 0.6) is 5.75 Å². The van der Waals surface area contributed by atoms with Gasteiger partial charge in [-0.25, -0.2) is 13.1 Å². The number of aliphatic hydroxyl groups is 3. The molecule has 0 radical (unpaired) electrons. The van der Waals surface area contributed by atoms with Crippen molar-refractivity contribution in [2.45, 2.75) is 191 Å². The number of benzene rings is 2. The summed E-state index contributed by atoms with van der Waals surface area (Å²) in [7, 11) is -4.27. The number of guanidine groups is 1. The number of sulfonamides is 1. The van der Waals surface area contributed by atoms with E-state index in [1.54, 1.807) is 71.9 Å². The summed E-state index contributed by atoms with van der Waals surface area (Å²) >= 11 is 0. The molecule has 2 saturated heterocycles. The molecule has 3 aliphatic heterocycles. The van der Waals surface area contributed by atoms with E-state index in [0.717, 1.165) is 5.56 Å². The van der Waals surface area contributed by atoms with Gasteiger partial charge in [0.05, 0.1) is 17.4 Å². The van der Waals surface area contributed by atoms with Crippen LogP contribution < -0.4 is 52.8 Å². The van der Waals surface area contributed by atoms with Gasteiger partial charge in [-0.1, -0.05) is 30.3 Å². The Morgan fingerprint density at radius 3 is 2.00 bits per heavy atom. The lowest BCUT2D eigenvalue weighted by Crippen LogP contribution is -2.62. The molecule has 10 atom stereocenters. The molecule has 2 aromatic carbocycles. The van der Waals surface area contributed by atoms with Gasteiger partial charge in [0.25, 0.3) is 15.9 Å². The second kappa shape index (κ2) is 26.5. The molecule has 0 aromatic heterocycles. The molecule has 0 bridgehead atoms. The summed E-state index contributed by atoms with van der Waals surface area (Å²) in [4.78, 5) is 101. The van der Waals surface area contributed by atoms with Crippen LogP contribution >= 0.6 is 0 Å². The van der Waals surface area contributed by atoms with Crippen LogP contribution in [0.2, 0.25) is 0 Å². The minimum Gasteiger partial charge on any atom is -0.487 e. The summed E-state index contributed by atoms with van der Waals surface area (Å²) in [5.41, 5.74) is 13.3. The van der Waals surface area contributed by atoms with Crippen LogP contribution in [0.15, 0.2) is 40.2 Å². The van der Waals surface area contributed by atoms with Crippen LogP contribution in [0.1, 0.15) is 108 Å². The summed E-state index contributed by atoms with van der Waals surface area (Å²) in [6.45, 7) is 14.7. The molecule has 5 rings (SSSR count). The molecule has 2 aromatic rings. The van der Waals surface area contributed by atoms with Crippen molar-refractivity contribution in [2.24, 2.45) is 16.5 Å². The average molecular weight is 1120 g/mol. The third-order valence-electron chi connectivity index (χ3n) is 13.5. The normalized spacial score (nSPS) is 26.3. The molecule has 0 spiro atoms. The van der Waals surface area contributed by atoms with Crippen LogP contribution in [0.4, 0.5) is 0 Å². The van der Waals surface area contributed by atoms with Crippen molar-refractivity contribution in [1.29, 1.82) is 0 Å². The van der Waals surface area contributed by atoms with Crippen LogP contribution in [-0.2, 0) is 65.9 Å².